The quantitative estimate of drug-likeness (QED) is 0.415. The van der Waals surface area contributed by atoms with E-state index in [1.807, 2.05) is 67.8 Å². The number of rotatable bonds is 5. The first-order chi connectivity index (χ1) is 15.0. The number of hydrogen-bond donors (Lipinski definition) is 2. The van der Waals surface area contributed by atoms with Crippen molar-refractivity contribution in [3.05, 3.63) is 100 Å². The first kappa shape index (κ1) is 20.5. The van der Waals surface area contributed by atoms with Crippen molar-refractivity contribution >= 4 is 34.0 Å². The van der Waals surface area contributed by atoms with Crippen LogP contribution in [0.2, 0.25) is 0 Å². The third-order valence-electron chi connectivity index (χ3n) is 4.79. The second kappa shape index (κ2) is 8.93. The van der Waals surface area contributed by atoms with E-state index in [2.05, 4.69) is 15.6 Å². The fourth-order valence-electron chi connectivity index (χ4n) is 2.97. The second-order valence-electron chi connectivity index (χ2n) is 7.26. The van der Waals surface area contributed by atoms with Crippen molar-refractivity contribution in [3.63, 3.8) is 0 Å². The molecule has 4 rings (SSSR count). The normalized spacial score (nSPS) is 10.5. The highest BCUT2D eigenvalue weighted by Crippen LogP contribution is 2.26. The maximum absolute atomic E-state index is 12.4. The van der Waals surface area contributed by atoms with Gasteiger partial charge in [-0.2, -0.15) is 0 Å². The molecule has 0 saturated carbocycles. The number of carbonyl (C=O) groups is 2. The topological polar surface area (TPSA) is 71.1 Å². The van der Waals surface area contributed by atoms with E-state index in [0.717, 1.165) is 22.4 Å². The molecule has 0 unspecified atom stereocenters. The molecule has 154 valence electrons. The van der Waals surface area contributed by atoms with Gasteiger partial charge in [0.2, 0.25) is 0 Å². The van der Waals surface area contributed by atoms with E-state index in [9.17, 15) is 9.59 Å². The van der Waals surface area contributed by atoms with E-state index in [1.165, 1.54) is 11.3 Å². The zero-order valence-corrected chi connectivity index (χ0v) is 18.0. The molecule has 0 spiro atoms. The standard InChI is InChI=1S/C25H21N3O2S/c1-16-3-7-19(8-4-16)23(29)26-21-13-11-18(12-14-21)22-15-31-25(27-22)28-24(30)20-9-5-17(2)6-10-20/h3-15H,1-2H3,(H,26,29)(H,27,28,30). The van der Waals surface area contributed by atoms with Crippen LogP contribution in [0.5, 0.6) is 0 Å². The van der Waals surface area contributed by atoms with Crippen molar-refractivity contribution in [2.75, 3.05) is 10.6 Å². The van der Waals surface area contributed by atoms with Gasteiger partial charge in [0.25, 0.3) is 11.8 Å². The molecule has 0 fully saturated rings. The molecule has 6 heteroatoms. The summed E-state index contributed by atoms with van der Waals surface area (Å²) in [6.45, 7) is 3.96. The lowest BCUT2D eigenvalue weighted by atomic mass is 10.1. The van der Waals surface area contributed by atoms with Gasteiger partial charge >= 0.3 is 0 Å². The maximum Gasteiger partial charge on any atom is 0.257 e. The molecular formula is C25H21N3O2S. The van der Waals surface area contributed by atoms with Crippen LogP contribution in [0.15, 0.2) is 78.2 Å². The molecule has 0 aliphatic carbocycles. The molecule has 2 N–H and O–H groups in total. The number of benzene rings is 3. The lowest BCUT2D eigenvalue weighted by Crippen LogP contribution is -2.11. The molecule has 1 heterocycles. The van der Waals surface area contributed by atoms with Gasteiger partial charge in [-0.15, -0.1) is 11.3 Å². The highest BCUT2D eigenvalue weighted by Gasteiger charge is 2.11. The molecule has 4 aromatic rings. The third kappa shape index (κ3) is 5.05. The lowest BCUT2D eigenvalue weighted by molar-refractivity contribution is 0.101. The monoisotopic (exact) mass is 427 g/mol. The summed E-state index contributed by atoms with van der Waals surface area (Å²) in [7, 11) is 0. The SMILES string of the molecule is Cc1ccc(C(=O)Nc2ccc(-c3csc(NC(=O)c4ccc(C)cc4)n3)cc2)cc1. The van der Waals surface area contributed by atoms with Crippen LogP contribution in [0, 0.1) is 13.8 Å². The van der Waals surface area contributed by atoms with Crippen LogP contribution in [-0.4, -0.2) is 16.8 Å². The number of aromatic nitrogens is 1. The molecule has 3 aromatic carbocycles. The zero-order valence-electron chi connectivity index (χ0n) is 17.2. The van der Waals surface area contributed by atoms with Crippen LogP contribution in [0.4, 0.5) is 10.8 Å². The minimum absolute atomic E-state index is 0.150. The van der Waals surface area contributed by atoms with Crippen molar-refractivity contribution in [1.29, 1.82) is 0 Å². The number of thiazole rings is 1. The van der Waals surface area contributed by atoms with Gasteiger partial charge in [0.05, 0.1) is 5.69 Å². The van der Waals surface area contributed by atoms with E-state index in [0.29, 0.717) is 21.9 Å². The molecule has 0 saturated heterocycles. The Hall–Kier alpha value is -3.77. The molecule has 0 aliphatic rings. The van der Waals surface area contributed by atoms with Crippen LogP contribution in [0.1, 0.15) is 31.8 Å². The van der Waals surface area contributed by atoms with Crippen LogP contribution in [0.25, 0.3) is 11.3 Å². The number of anilines is 2. The van der Waals surface area contributed by atoms with Crippen LogP contribution >= 0.6 is 11.3 Å². The van der Waals surface area contributed by atoms with Gasteiger partial charge in [0, 0.05) is 27.8 Å². The fraction of sp³-hybridized carbons (Fsp3) is 0.0800. The van der Waals surface area contributed by atoms with Crippen molar-refractivity contribution in [3.8, 4) is 11.3 Å². The van der Waals surface area contributed by atoms with Crippen LogP contribution in [0.3, 0.4) is 0 Å². The number of nitrogens with zero attached hydrogens (tertiary/aromatic N) is 1. The van der Waals surface area contributed by atoms with E-state index in [4.69, 9.17) is 0 Å². The van der Waals surface area contributed by atoms with Gasteiger partial charge in [-0.1, -0.05) is 47.5 Å². The number of aryl methyl sites for hydroxylation is 2. The molecule has 5 nitrogen and oxygen atoms in total. The number of carbonyl (C=O) groups excluding carboxylic acids is 2. The highest BCUT2D eigenvalue weighted by atomic mass is 32.1. The van der Waals surface area contributed by atoms with Gasteiger partial charge in [0.15, 0.2) is 5.13 Å². The maximum atomic E-state index is 12.4. The largest absolute Gasteiger partial charge is 0.322 e. The van der Waals surface area contributed by atoms with E-state index in [-0.39, 0.29) is 11.8 Å². The van der Waals surface area contributed by atoms with Crippen molar-refractivity contribution in [2.24, 2.45) is 0 Å². The minimum atomic E-state index is -0.185. The molecule has 0 aliphatic heterocycles. The summed E-state index contributed by atoms with van der Waals surface area (Å²) in [5.41, 5.74) is 5.79. The first-order valence-corrected chi connectivity index (χ1v) is 10.7. The molecule has 1 aromatic heterocycles. The van der Waals surface area contributed by atoms with Crippen molar-refractivity contribution in [1.82, 2.24) is 4.98 Å². The third-order valence-corrected chi connectivity index (χ3v) is 5.55. The summed E-state index contributed by atoms with van der Waals surface area (Å²) >= 11 is 1.37. The molecule has 31 heavy (non-hydrogen) atoms. The van der Waals surface area contributed by atoms with Gasteiger partial charge in [0.1, 0.15) is 0 Å². The Morgan fingerprint density at radius 1 is 0.710 bits per heavy atom. The highest BCUT2D eigenvalue weighted by molar-refractivity contribution is 7.14. The second-order valence-corrected chi connectivity index (χ2v) is 8.11. The van der Waals surface area contributed by atoms with Crippen molar-refractivity contribution < 1.29 is 9.59 Å². The van der Waals surface area contributed by atoms with Gasteiger partial charge in [-0.05, 0) is 50.2 Å². The zero-order chi connectivity index (χ0) is 21.8. The lowest BCUT2D eigenvalue weighted by Gasteiger charge is -2.06. The van der Waals surface area contributed by atoms with Gasteiger partial charge in [-0.3, -0.25) is 14.9 Å². The van der Waals surface area contributed by atoms with Gasteiger partial charge < -0.3 is 5.32 Å². The summed E-state index contributed by atoms with van der Waals surface area (Å²) < 4.78 is 0. The average Bonchev–Trinajstić information content (AvgIpc) is 3.23. The smallest absolute Gasteiger partial charge is 0.257 e. The Bertz CT molecular complexity index is 1210. The van der Waals surface area contributed by atoms with Crippen LogP contribution < -0.4 is 10.6 Å². The summed E-state index contributed by atoms with van der Waals surface area (Å²) in [4.78, 5) is 29.2. The average molecular weight is 428 g/mol. The van der Waals surface area contributed by atoms with Gasteiger partial charge in [-0.25, -0.2) is 4.98 Å². The minimum Gasteiger partial charge on any atom is -0.322 e. The van der Waals surface area contributed by atoms with Crippen molar-refractivity contribution in [2.45, 2.75) is 13.8 Å². The number of amides is 2. The van der Waals surface area contributed by atoms with E-state index >= 15 is 0 Å². The molecular weight excluding hydrogens is 406 g/mol. The number of hydrogen-bond acceptors (Lipinski definition) is 4. The Labute approximate surface area is 184 Å². The Balaban J connectivity index is 1.40. The fourth-order valence-corrected chi connectivity index (χ4v) is 3.69. The molecule has 0 atom stereocenters. The van der Waals surface area contributed by atoms with E-state index in [1.54, 1.807) is 24.3 Å². The predicted octanol–water partition coefficient (Wildman–Crippen LogP) is 5.93. The summed E-state index contributed by atoms with van der Waals surface area (Å²) in [5.74, 6) is -0.336. The Morgan fingerprint density at radius 2 is 1.23 bits per heavy atom. The van der Waals surface area contributed by atoms with Crippen LogP contribution in [-0.2, 0) is 0 Å². The Kier molecular flexibility index (Phi) is 5.91. The summed E-state index contributed by atoms with van der Waals surface area (Å²) in [6, 6.07) is 22.3. The molecule has 0 bridgehead atoms. The predicted molar refractivity (Wildman–Crippen MR) is 126 cm³/mol. The first-order valence-electron chi connectivity index (χ1n) is 9.80. The Morgan fingerprint density at radius 3 is 1.77 bits per heavy atom. The molecule has 2 amide bonds. The molecule has 0 radical (unpaired) electrons. The number of nitrogens with one attached hydrogen (secondary N) is 2. The summed E-state index contributed by atoms with van der Waals surface area (Å²) in [5, 5.41) is 8.17. The van der Waals surface area contributed by atoms with E-state index < -0.39 is 0 Å². The summed E-state index contributed by atoms with van der Waals surface area (Å²) in [6.07, 6.45) is 0.